The molecular weight excluding hydrogens is 889 g/mol. The van der Waals surface area contributed by atoms with Crippen LogP contribution in [0.4, 0.5) is 0 Å². The minimum absolute atomic E-state index is 0.0230. The number of hydrogen-bond donors (Lipinski definition) is 4. The van der Waals surface area contributed by atoms with E-state index in [9.17, 15) is 29.8 Å². The molecule has 0 aliphatic heterocycles. The monoisotopic (exact) mass is 932 g/mol. The Hall–Kier alpha value is -5.52. The maximum Gasteiger partial charge on any atom is 0.298 e. The summed E-state index contributed by atoms with van der Waals surface area (Å²) in [5.74, 6) is 3.41. The minimum atomic E-state index is -4.56. The Labute approximate surface area is 364 Å². The van der Waals surface area contributed by atoms with E-state index in [1.807, 2.05) is 43.3 Å². The zero-order chi connectivity index (χ0) is 46.1. The molecule has 0 amide bonds. The third kappa shape index (κ3) is 19.0. The molecule has 4 N–H and O–H groups in total. The van der Waals surface area contributed by atoms with E-state index in [-0.39, 0.29) is 10.6 Å². The van der Waals surface area contributed by atoms with E-state index in [2.05, 4.69) is 52.7 Å². The van der Waals surface area contributed by atoms with Crippen molar-refractivity contribution in [1.82, 2.24) is 0 Å². The van der Waals surface area contributed by atoms with E-state index in [4.69, 9.17) is 33.3 Å². The van der Waals surface area contributed by atoms with Gasteiger partial charge in [0.25, 0.3) is 30.4 Å². The fraction of sp³-hybridized carbons (Fsp3) is 0.143. The quantitative estimate of drug-likeness (QED) is 0.0386. The molecule has 0 atom stereocenters. The fourth-order valence-electron chi connectivity index (χ4n) is 4.91. The van der Waals surface area contributed by atoms with Crippen LogP contribution in [-0.4, -0.2) is 70.9 Å². The minimum Gasteiger partial charge on any atom is -0.497 e. The molecule has 62 heavy (non-hydrogen) atoms. The summed E-state index contributed by atoms with van der Waals surface area (Å²) in [5, 5.41) is 12.0. The number of hydrogen-bond acceptors (Lipinski definition) is 14. The standard InChI is InChI=1S/C20H18O8S2.C20H18O2.2CH4O3S/c1-13-3-4-14(11-19(13)29-28-27-21)15-5-10-18(20(12-15)30(22,23)24)26-17-8-6-16(25-2)7-9-17;1-15-3-5-16(6-4-15)17-7-9-19(10-8-17)22-20-13-11-18(21-2)12-14-20;2*1-5(2,3)4/h3-12,21H,1-2H3,(H,22,23,24);3-14H,1-2H3;2*1H3,(H,2,3,4). The summed E-state index contributed by atoms with van der Waals surface area (Å²) in [4.78, 5) is 0.272. The topological polar surface area (TPSA) is 239 Å². The smallest absolute Gasteiger partial charge is 0.298 e. The first-order valence-corrected chi connectivity index (χ1v) is 23.5. The van der Waals surface area contributed by atoms with E-state index in [0.717, 1.165) is 34.9 Å². The lowest BCUT2D eigenvalue weighted by atomic mass is 10.0. The second-order valence-electron chi connectivity index (χ2n) is 12.8. The van der Waals surface area contributed by atoms with Gasteiger partial charge in [0, 0.05) is 4.90 Å². The van der Waals surface area contributed by atoms with E-state index < -0.39 is 30.4 Å². The summed E-state index contributed by atoms with van der Waals surface area (Å²) in [5.41, 5.74) is 5.70. The van der Waals surface area contributed by atoms with Gasteiger partial charge < -0.3 is 18.9 Å². The van der Waals surface area contributed by atoms with Gasteiger partial charge in [0.2, 0.25) is 0 Å². The SMILES string of the molecule is COc1ccc(Oc2ccc(-c3ccc(C)c(SOOO)c3)cc2S(=O)(=O)O)cc1.COc1ccc(Oc2ccc(-c3ccc(C)cc3)cc2)cc1.CS(=O)(=O)O.CS(=O)(=O)O. The van der Waals surface area contributed by atoms with Gasteiger partial charge in [-0.1, -0.05) is 65.2 Å². The van der Waals surface area contributed by atoms with Crippen LogP contribution in [0.15, 0.2) is 143 Å². The molecule has 0 bridgehead atoms. The zero-order valence-corrected chi connectivity index (χ0v) is 37.3. The number of ether oxygens (including phenoxy) is 4. The van der Waals surface area contributed by atoms with Crippen LogP contribution in [0.5, 0.6) is 34.5 Å². The average molecular weight is 933 g/mol. The van der Waals surface area contributed by atoms with Crippen molar-refractivity contribution in [2.24, 2.45) is 0 Å². The molecule has 0 radical (unpaired) electrons. The summed E-state index contributed by atoms with van der Waals surface area (Å²) < 4.78 is 112. The maximum atomic E-state index is 12.0. The Kier molecular flexibility index (Phi) is 19.4. The predicted octanol–water partition coefficient (Wildman–Crippen LogP) is 9.61. The Morgan fingerprint density at radius 3 is 1.29 bits per heavy atom. The van der Waals surface area contributed by atoms with Gasteiger partial charge >= 0.3 is 0 Å². The van der Waals surface area contributed by atoms with Gasteiger partial charge in [0.15, 0.2) is 0 Å². The van der Waals surface area contributed by atoms with Gasteiger partial charge in [-0.2, -0.15) is 25.3 Å². The van der Waals surface area contributed by atoms with Crippen LogP contribution < -0.4 is 18.9 Å². The first-order chi connectivity index (χ1) is 29.1. The molecule has 0 heterocycles. The molecule has 0 spiro atoms. The van der Waals surface area contributed by atoms with Crippen molar-refractivity contribution in [2.75, 3.05) is 26.7 Å². The van der Waals surface area contributed by atoms with Crippen molar-refractivity contribution in [3.05, 3.63) is 145 Å². The van der Waals surface area contributed by atoms with Crippen molar-refractivity contribution in [1.29, 1.82) is 0 Å². The zero-order valence-electron chi connectivity index (χ0n) is 34.0. The highest BCUT2D eigenvalue weighted by atomic mass is 32.2. The predicted molar refractivity (Wildman–Crippen MR) is 235 cm³/mol. The summed E-state index contributed by atoms with van der Waals surface area (Å²) in [6, 6.07) is 40.5. The molecular formula is C42H44O16S4. The highest BCUT2D eigenvalue weighted by molar-refractivity contribution is 7.94. The van der Waals surface area contributed by atoms with Gasteiger partial charge in [-0.3, -0.25) is 13.7 Å². The molecule has 332 valence electrons. The van der Waals surface area contributed by atoms with Crippen LogP contribution in [0.3, 0.4) is 0 Å². The summed E-state index contributed by atoms with van der Waals surface area (Å²) in [6.07, 6.45) is 1.43. The van der Waals surface area contributed by atoms with E-state index in [0.29, 0.717) is 40.0 Å². The van der Waals surface area contributed by atoms with Crippen molar-refractivity contribution in [2.45, 2.75) is 23.6 Å². The molecule has 16 nitrogen and oxygen atoms in total. The lowest BCUT2D eigenvalue weighted by molar-refractivity contribution is -0.432. The molecule has 6 rings (SSSR count). The number of aryl methyl sites for hydroxylation is 2. The van der Waals surface area contributed by atoms with Crippen LogP contribution >= 0.6 is 12.0 Å². The molecule has 0 unspecified atom stereocenters. The molecule has 0 aliphatic rings. The van der Waals surface area contributed by atoms with Gasteiger partial charge in [-0.15, -0.1) is 4.33 Å². The Morgan fingerprint density at radius 2 is 0.855 bits per heavy atom. The Bertz CT molecular complexity index is 2630. The highest BCUT2D eigenvalue weighted by Crippen LogP contribution is 2.36. The highest BCUT2D eigenvalue weighted by Gasteiger charge is 2.19. The van der Waals surface area contributed by atoms with Crippen LogP contribution in [0.25, 0.3) is 22.3 Å². The molecule has 0 saturated heterocycles. The molecule has 0 fully saturated rings. The molecule has 0 saturated carbocycles. The number of benzene rings is 6. The maximum absolute atomic E-state index is 12.0. The van der Waals surface area contributed by atoms with Crippen molar-refractivity contribution < 1.29 is 72.5 Å². The van der Waals surface area contributed by atoms with Crippen LogP contribution in [0, 0.1) is 13.8 Å². The lowest BCUT2D eigenvalue weighted by Crippen LogP contribution is -2.02. The first-order valence-electron chi connectivity index (χ1n) is 17.6. The van der Waals surface area contributed by atoms with Crippen molar-refractivity contribution >= 4 is 42.4 Å². The summed E-state index contributed by atoms with van der Waals surface area (Å²) in [6.45, 7) is 3.93. The molecule has 0 aliphatic carbocycles. The summed E-state index contributed by atoms with van der Waals surface area (Å²) >= 11 is 0.799. The third-order valence-corrected chi connectivity index (χ3v) is 9.34. The van der Waals surface area contributed by atoms with Crippen LogP contribution in [0.2, 0.25) is 0 Å². The van der Waals surface area contributed by atoms with Crippen LogP contribution in [0.1, 0.15) is 11.1 Å². The Balaban J connectivity index is 0.000000278. The molecule has 20 heteroatoms. The lowest BCUT2D eigenvalue weighted by Gasteiger charge is -2.13. The van der Waals surface area contributed by atoms with Gasteiger partial charge in [0.1, 0.15) is 39.4 Å². The molecule has 6 aromatic rings. The van der Waals surface area contributed by atoms with Gasteiger partial charge in [-0.05, 0) is 121 Å². The second-order valence-corrected chi connectivity index (χ2v) is 17.8. The molecule has 6 aromatic carbocycles. The van der Waals surface area contributed by atoms with E-state index >= 15 is 0 Å². The average Bonchev–Trinajstić information content (AvgIpc) is 3.20. The van der Waals surface area contributed by atoms with E-state index in [1.165, 1.54) is 35.9 Å². The fourth-order valence-corrected chi connectivity index (χ4v) is 6.03. The first kappa shape index (κ1) is 50.8. The van der Waals surface area contributed by atoms with Gasteiger partial charge in [-0.25, -0.2) is 5.26 Å². The normalized spacial score (nSPS) is 11.0. The van der Waals surface area contributed by atoms with Crippen LogP contribution in [-0.2, 0) is 39.7 Å². The van der Waals surface area contributed by atoms with Crippen molar-refractivity contribution in [3.8, 4) is 56.8 Å². The number of methoxy groups -OCH3 is 2. The van der Waals surface area contributed by atoms with E-state index in [1.54, 1.807) is 55.6 Å². The third-order valence-electron chi connectivity index (χ3n) is 7.72. The number of rotatable bonds is 12. The molecule has 0 aromatic heterocycles. The van der Waals surface area contributed by atoms with Gasteiger partial charge in [0.05, 0.1) is 38.8 Å². The second kappa shape index (κ2) is 23.6. The largest absolute Gasteiger partial charge is 0.497 e. The Morgan fingerprint density at radius 1 is 0.484 bits per heavy atom. The summed E-state index contributed by atoms with van der Waals surface area (Å²) in [7, 11) is -8.71. The van der Waals surface area contributed by atoms with Crippen molar-refractivity contribution in [3.63, 3.8) is 0 Å².